The summed E-state index contributed by atoms with van der Waals surface area (Å²) < 4.78 is 5.77. The molecule has 29 heavy (non-hydrogen) atoms. The van der Waals surface area contributed by atoms with Crippen molar-refractivity contribution in [2.45, 2.75) is 39.0 Å². The Morgan fingerprint density at radius 2 is 1.52 bits per heavy atom. The van der Waals surface area contributed by atoms with E-state index in [0.29, 0.717) is 25.1 Å². The van der Waals surface area contributed by atoms with Gasteiger partial charge in [0, 0.05) is 35.3 Å². The predicted octanol–water partition coefficient (Wildman–Crippen LogP) is 3.22. The second kappa shape index (κ2) is 9.96. The van der Waals surface area contributed by atoms with Gasteiger partial charge in [0.2, 0.25) is 0 Å². The molecule has 0 saturated carbocycles. The molecule has 0 spiro atoms. The first-order chi connectivity index (χ1) is 14.1. The van der Waals surface area contributed by atoms with Gasteiger partial charge >= 0.3 is 0 Å². The quantitative estimate of drug-likeness (QED) is 0.677. The zero-order valence-corrected chi connectivity index (χ0v) is 16.8. The number of hydrogen-bond acceptors (Lipinski definition) is 4. The molecule has 2 amide bonds. The third kappa shape index (κ3) is 5.08. The van der Waals surface area contributed by atoms with Gasteiger partial charge in [0.1, 0.15) is 11.5 Å². The van der Waals surface area contributed by atoms with Gasteiger partial charge in [-0.25, -0.2) is 0 Å². The van der Waals surface area contributed by atoms with Crippen LogP contribution in [0.15, 0.2) is 36.4 Å². The highest BCUT2D eigenvalue weighted by molar-refractivity contribution is 5.97. The second-order valence-corrected chi connectivity index (χ2v) is 7.15. The highest BCUT2D eigenvalue weighted by Crippen LogP contribution is 2.25. The van der Waals surface area contributed by atoms with Crippen LogP contribution < -0.4 is 15.4 Å². The summed E-state index contributed by atoms with van der Waals surface area (Å²) in [6, 6.07) is 10.7. The number of phenolic OH excluding ortho intramolecular Hbond substituents is 1. The topological polar surface area (TPSA) is 87.7 Å². The fraction of sp³-hybridized carbons (Fsp3) is 0.391. The summed E-state index contributed by atoms with van der Waals surface area (Å²) in [6.07, 6.45) is 5.04. The van der Waals surface area contributed by atoms with Crippen LogP contribution in [0.25, 0.3) is 0 Å². The molecule has 2 aromatic rings. The van der Waals surface area contributed by atoms with Gasteiger partial charge in [-0.15, -0.1) is 0 Å². The molecule has 3 N–H and O–H groups in total. The van der Waals surface area contributed by atoms with E-state index < -0.39 is 0 Å². The van der Waals surface area contributed by atoms with Crippen molar-refractivity contribution >= 4 is 11.8 Å². The summed E-state index contributed by atoms with van der Waals surface area (Å²) in [4.78, 5) is 22.9. The minimum Gasteiger partial charge on any atom is -0.508 e. The number of aromatic hydroxyl groups is 1. The molecule has 2 aliphatic rings. The van der Waals surface area contributed by atoms with Crippen molar-refractivity contribution in [2.24, 2.45) is 0 Å². The number of amides is 2. The lowest BCUT2D eigenvalue weighted by Gasteiger charge is -2.19. The lowest BCUT2D eigenvalue weighted by molar-refractivity contribution is 0.0937. The van der Waals surface area contributed by atoms with Crippen LogP contribution in [0.4, 0.5) is 0 Å². The fourth-order valence-electron chi connectivity index (χ4n) is 3.55. The minimum absolute atomic E-state index is 0.0188. The Bertz CT molecular complexity index is 879. The summed E-state index contributed by atoms with van der Waals surface area (Å²) in [5.74, 6) is 1.04. The fourth-order valence-corrected chi connectivity index (χ4v) is 3.55. The van der Waals surface area contributed by atoms with Gasteiger partial charge in [-0.2, -0.15) is 0 Å². The van der Waals surface area contributed by atoms with E-state index in [-0.39, 0.29) is 17.6 Å². The van der Waals surface area contributed by atoms with Gasteiger partial charge in [0.15, 0.2) is 0 Å². The standard InChI is InChI=1S/C14H19NO2.C9H9NO2/c1-2-3-4-10-17-13-7-5-6-12-11(13)8-9-15-14(12)16;11-8-3-1-2-7-6(8)4-5-10-9(7)12/h5-7H,2-4,8-10H2,1H3,(H,15,16);1-3,11H,4-5H2,(H,10,12). The molecule has 0 fully saturated rings. The van der Waals surface area contributed by atoms with Crippen molar-refractivity contribution in [3.8, 4) is 11.5 Å². The molecule has 0 radical (unpaired) electrons. The van der Waals surface area contributed by atoms with Crippen molar-refractivity contribution in [3.05, 3.63) is 58.7 Å². The zero-order valence-electron chi connectivity index (χ0n) is 16.8. The van der Waals surface area contributed by atoms with Crippen LogP contribution in [0.3, 0.4) is 0 Å². The normalized spacial score (nSPS) is 14.5. The van der Waals surface area contributed by atoms with Gasteiger partial charge in [-0.05, 0) is 43.5 Å². The highest BCUT2D eigenvalue weighted by Gasteiger charge is 2.20. The van der Waals surface area contributed by atoms with Crippen molar-refractivity contribution < 1.29 is 19.4 Å². The number of carbonyl (C=O) groups excluding carboxylic acids is 2. The average Bonchev–Trinajstić information content (AvgIpc) is 2.73. The molecule has 6 heteroatoms. The van der Waals surface area contributed by atoms with Gasteiger partial charge in [-0.3, -0.25) is 9.59 Å². The van der Waals surface area contributed by atoms with Gasteiger partial charge in [-0.1, -0.05) is 31.9 Å². The molecular weight excluding hydrogens is 368 g/mol. The molecule has 2 heterocycles. The Morgan fingerprint density at radius 1 is 0.897 bits per heavy atom. The Hall–Kier alpha value is -3.02. The maximum atomic E-state index is 11.6. The minimum atomic E-state index is -0.0906. The lowest BCUT2D eigenvalue weighted by atomic mass is 9.99. The Balaban J connectivity index is 0.000000176. The van der Waals surface area contributed by atoms with E-state index in [9.17, 15) is 14.7 Å². The molecule has 0 aliphatic carbocycles. The smallest absolute Gasteiger partial charge is 0.251 e. The lowest BCUT2D eigenvalue weighted by Crippen LogP contribution is -2.32. The van der Waals surface area contributed by atoms with E-state index in [4.69, 9.17) is 4.74 Å². The summed E-state index contributed by atoms with van der Waals surface area (Å²) in [6.45, 7) is 4.24. The number of unbranched alkanes of at least 4 members (excludes halogenated alkanes) is 2. The molecule has 4 rings (SSSR count). The number of phenols is 1. The third-order valence-corrected chi connectivity index (χ3v) is 5.10. The zero-order chi connectivity index (χ0) is 20.6. The van der Waals surface area contributed by atoms with Crippen molar-refractivity contribution in [2.75, 3.05) is 19.7 Å². The molecule has 154 valence electrons. The number of nitrogens with one attached hydrogen (secondary N) is 2. The molecule has 2 aliphatic heterocycles. The second-order valence-electron chi connectivity index (χ2n) is 7.15. The Kier molecular flexibility index (Phi) is 7.11. The summed E-state index contributed by atoms with van der Waals surface area (Å²) >= 11 is 0. The summed E-state index contributed by atoms with van der Waals surface area (Å²) in [7, 11) is 0. The van der Waals surface area contributed by atoms with Gasteiger partial charge in [0.05, 0.1) is 6.61 Å². The number of fused-ring (bicyclic) bond motifs is 2. The van der Waals surface area contributed by atoms with E-state index >= 15 is 0 Å². The summed E-state index contributed by atoms with van der Waals surface area (Å²) in [5.41, 5.74) is 3.19. The van der Waals surface area contributed by atoms with Crippen LogP contribution in [0.2, 0.25) is 0 Å². The average molecular weight is 396 g/mol. The van der Waals surface area contributed by atoms with Crippen LogP contribution in [0.5, 0.6) is 11.5 Å². The number of rotatable bonds is 5. The van der Waals surface area contributed by atoms with Crippen molar-refractivity contribution in [1.82, 2.24) is 10.6 Å². The Labute approximate surface area is 171 Å². The van der Waals surface area contributed by atoms with E-state index in [2.05, 4.69) is 17.6 Å². The first-order valence-electron chi connectivity index (χ1n) is 10.2. The van der Waals surface area contributed by atoms with Crippen molar-refractivity contribution in [1.29, 1.82) is 0 Å². The first-order valence-corrected chi connectivity index (χ1v) is 10.2. The monoisotopic (exact) mass is 396 g/mol. The number of carbonyl (C=O) groups is 2. The highest BCUT2D eigenvalue weighted by atomic mass is 16.5. The predicted molar refractivity (Wildman–Crippen MR) is 112 cm³/mol. The third-order valence-electron chi connectivity index (χ3n) is 5.10. The maximum Gasteiger partial charge on any atom is 0.251 e. The van der Waals surface area contributed by atoms with Crippen LogP contribution in [0, 0.1) is 0 Å². The van der Waals surface area contributed by atoms with Gasteiger partial charge < -0.3 is 20.5 Å². The largest absolute Gasteiger partial charge is 0.508 e. The van der Waals surface area contributed by atoms with Crippen LogP contribution in [0.1, 0.15) is 58.0 Å². The van der Waals surface area contributed by atoms with E-state index in [0.717, 1.165) is 41.9 Å². The molecule has 0 atom stereocenters. The maximum absolute atomic E-state index is 11.6. The van der Waals surface area contributed by atoms with E-state index in [1.54, 1.807) is 18.2 Å². The molecule has 2 aromatic carbocycles. The van der Waals surface area contributed by atoms with Crippen molar-refractivity contribution in [3.63, 3.8) is 0 Å². The molecule has 0 unspecified atom stereocenters. The number of hydrogen-bond donors (Lipinski definition) is 3. The van der Waals surface area contributed by atoms with E-state index in [1.165, 1.54) is 12.8 Å². The van der Waals surface area contributed by atoms with Gasteiger partial charge in [0.25, 0.3) is 11.8 Å². The molecular formula is C23H28N2O4. The molecule has 0 saturated heterocycles. The Morgan fingerprint density at radius 3 is 2.17 bits per heavy atom. The SMILES string of the molecule is CCCCCOc1cccc2c1CCNC2=O.O=C1NCCc2c(O)cccc21. The molecule has 0 aromatic heterocycles. The summed E-state index contributed by atoms with van der Waals surface area (Å²) in [5, 5.41) is 15.0. The number of benzene rings is 2. The van der Waals surface area contributed by atoms with Crippen LogP contribution in [-0.2, 0) is 12.8 Å². The van der Waals surface area contributed by atoms with Crippen LogP contribution >= 0.6 is 0 Å². The van der Waals surface area contributed by atoms with Crippen LogP contribution in [-0.4, -0.2) is 36.6 Å². The van der Waals surface area contributed by atoms with E-state index in [1.807, 2.05) is 18.2 Å². The molecule has 6 nitrogen and oxygen atoms in total. The first kappa shape index (κ1) is 20.7. The number of ether oxygens (including phenoxy) is 1. The molecule has 0 bridgehead atoms.